The molecule has 0 atom stereocenters. The van der Waals surface area contributed by atoms with E-state index in [4.69, 9.17) is 9.47 Å². The molecule has 0 aliphatic rings. The van der Waals surface area contributed by atoms with Crippen LogP contribution in [0.3, 0.4) is 0 Å². The molecule has 26 heavy (non-hydrogen) atoms. The normalized spacial score (nSPS) is 10.6. The van der Waals surface area contributed by atoms with Gasteiger partial charge in [0.15, 0.2) is 11.5 Å². The zero-order valence-corrected chi connectivity index (χ0v) is 16.0. The first-order valence-corrected chi connectivity index (χ1v) is 9.28. The van der Waals surface area contributed by atoms with Crippen LogP contribution in [0.2, 0.25) is 0 Å². The Balaban J connectivity index is 1.77. The second-order valence-corrected chi connectivity index (χ2v) is 6.72. The van der Waals surface area contributed by atoms with Crippen molar-refractivity contribution < 1.29 is 14.3 Å². The van der Waals surface area contributed by atoms with Crippen molar-refractivity contribution in [2.45, 2.75) is 13.5 Å². The molecule has 1 amide bonds. The molecular weight excluding hydrogens is 348 g/mol. The second kappa shape index (κ2) is 8.10. The van der Waals surface area contributed by atoms with Crippen LogP contribution in [0.5, 0.6) is 11.5 Å². The van der Waals surface area contributed by atoms with E-state index in [-0.39, 0.29) is 5.91 Å². The van der Waals surface area contributed by atoms with E-state index in [0.29, 0.717) is 24.7 Å². The highest BCUT2D eigenvalue weighted by Gasteiger charge is 2.19. The van der Waals surface area contributed by atoms with Gasteiger partial charge in [0.05, 0.1) is 19.4 Å². The summed E-state index contributed by atoms with van der Waals surface area (Å²) in [6.45, 7) is 3.00. The molecule has 3 aromatic rings. The summed E-state index contributed by atoms with van der Waals surface area (Å²) >= 11 is 1.45. The summed E-state index contributed by atoms with van der Waals surface area (Å²) in [6.07, 6.45) is 3.88. The second-order valence-electron chi connectivity index (χ2n) is 5.80. The molecule has 0 spiro atoms. The van der Waals surface area contributed by atoms with E-state index in [1.54, 1.807) is 12.0 Å². The Morgan fingerprint density at radius 2 is 1.96 bits per heavy atom. The van der Waals surface area contributed by atoms with Crippen molar-refractivity contribution in [2.75, 3.05) is 20.8 Å². The van der Waals surface area contributed by atoms with Crippen LogP contribution in [0.1, 0.15) is 22.2 Å². The van der Waals surface area contributed by atoms with Gasteiger partial charge in [0.1, 0.15) is 4.88 Å². The zero-order valence-electron chi connectivity index (χ0n) is 15.1. The molecule has 0 saturated carbocycles. The third kappa shape index (κ3) is 3.75. The summed E-state index contributed by atoms with van der Waals surface area (Å²) in [4.78, 5) is 15.4. The lowest BCUT2D eigenvalue weighted by Gasteiger charge is -2.19. The average Bonchev–Trinajstić information content (AvgIpc) is 3.33. The van der Waals surface area contributed by atoms with Crippen LogP contribution >= 0.6 is 11.3 Å². The predicted molar refractivity (Wildman–Crippen MR) is 104 cm³/mol. The minimum absolute atomic E-state index is 0.00319. The number of methoxy groups -OCH3 is 1. The molecule has 2 aromatic heterocycles. The molecule has 136 valence electrons. The molecule has 0 saturated heterocycles. The lowest BCUT2D eigenvalue weighted by molar-refractivity contribution is 0.0790. The van der Waals surface area contributed by atoms with E-state index in [0.717, 1.165) is 16.1 Å². The Kier molecular flexibility index (Phi) is 5.63. The standard InChI is InChI=1S/C20H22N2O3S/c1-4-25-17-8-7-15(13-18(17)24-3)14-21(2)20(23)19-16(9-12-26-19)22-10-5-6-11-22/h5-13H,4,14H2,1-3H3. The van der Waals surface area contributed by atoms with Gasteiger partial charge in [-0.15, -0.1) is 11.3 Å². The average molecular weight is 370 g/mol. The quantitative estimate of drug-likeness (QED) is 0.625. The number of carbonyl (C=O) groups is 1. The summed E-state index contributed by atoms with van der Waals surface area (Å²) < 4.78 is 12.9. The Morgan fingerprint density at radius 1 is 1.19 bits per heavy atom. The third-order valence-corrected chi connectivity index (χ3v) is 4.91. The van der Waals surface area contributed by atoms with Crippen LogP contribution in [-0.2, 0) is 6.54 Å². The fourth-order valence-corrected chi connectivity index (χ4v) is 3.65. The first-order valence-electron chi connectivity index (χ1n) is 8.40. The summed E-state index contributed by atoms with van der Waals surface area (Å²) in [5, 5.41) is 1.94. The van der Waals surface area contributed by atoms with Gasteiger partial charge >= 0.3 is 0 Å². The number of aromatic nitrogens is 1. The predicted octanol–water partition coefficient (Wildman–Crippen LogP) is 4.22. The number of hydrogen-bond donors (Lipinski definition) is 0. The maximum absolute atomic E-state index is 12.9. The summed E-state index contributed by atoms with van der Waals surface area (Å²) in [6, 6.07) is 11.6. The highest BCUT2D eigenvalue weighted by Crippen LogP contribution is 2.29. The number of benzene rings is 1. The van der Waals surface area contributed by atoms with Crippen LogP contribution in [0, 0.1) is 0 Å². The molecule has 3 rings (SSSR count). The maximum atomic E-state index is 12.9. The van der Waals surface area contributed by atoms with Crippen molar-refractivity contribution in [3.8, 4) is 17.2 Å². The van der Waals surface area contributed by atoms with Crippen LogP contribution < -0.4 is 9.47 Å². The molecule has 0 radical (unpaired) electrons. The van der Waals surface area contributed by atoms with Gasteiger partial charge in [0, 0.05) is 26.0 Å². The van der Waals surface area contributed by atoms with Gasteiger partial charge in [-0.25, -0.2) is 0 Å². The molecule has 1 aromatic carbocycles. The summed E-state index contributed by atoms with van der Waals surface area (Å²) in [5.74, 6) is 1.38. The molecule has 2 heterocycles. The summed E-state index contributed by atoms with van der Waals surface area (Å²) in [7, 11) is 3.43. The lowest BCUT2D eigenvalue weighted by Crippen LogP contribution is -2.26. The molecule has 6 heteroatoms. The van der Waals surface area contributed by atoms with E-state index in [1.807, 2.05) is 72.7 Å². The van der Waals surface area contributed by atoms with E-state index >= 15 is 0 Å². The zero-order chi connectivity index (χ0) is 18.5. The molecule has 5 nitrogen and oxygen atoms in total. The van der Waals surface area contributed by atoms with Gasteiger partial charge in [0.25, 0.3) is 5.91 Å². The molecule has 0 aliphatic carbocycles. The monoisotopic (exact) mass is 370 g/mol. The Labute approximate surface area is 157 Å². The fourth-order valence-electron chi connectivity index (χ4n) is 2.77. The number of rotatable bonds is 7. The molecule has 0 aliphatic heterocycles. The van der Waals surface area contributed by atoms with Crippen molar-refractivity contribution in [3.05, 3.63) is 64.6 Å². The minimum atomic E-state index is -0.00319. The number of nitrogens with zero attached hydrogens (tertiary/aromatic N) is 2. The highest BCUT2D eigenvalue weighted by atomic mass is 32.1. The molecule has 0 bridgehead atoms. The lowest BCUT2D eigenvalue weighted by atomic mass is 10.2. The molecule has 0 unspecified atom stereocenters. The molecule has 0 N–H and O–H groups in total. The molecule has 0 fully saturated rings. The largest absolute Gasteiger partial charge is 0.493 e. The van der Waals surface area contributed by atoms with Crippen molar-refractivity contribution in [1.29, 1.82) is 0 Å². The van der Waals surface area contributed by atoms with Crippen molar-refractivity contribution >= 4 is 17.2 Å². The smallest absolute Gasteiger partial charge is 0.266 e. The number of hydrogen-bond acceptors (Lipinski definition) is 4. The van der Waals surface area contributed by atoms with Gasteiger partial charge in [-0.2, -0.15) is 0 Å². The van der Waals surface area contributed by atoms with E-state index in [1.165, 1.54) is 11.3 Å². The van der Waals surface area contributed by atoms with E-state index in [2.05, 4.69) is 0 Å². The van der Waals surface area contributed by atoms with Gasteiger partial charge < -0.3 is 18.9 Å². The first-order chi connectivity index (χ1) is 12.6. The number of ether oxygens (including phenoxy) is 2. The van der Waals surface area contributed by atoms with Gasteiger partial charge in [-0.3, -0.25) is 4.79 Å². The number of carbonyl (C=O) groups excluding carboxylic acids is 1. The van der Waals surface area contributed by atoms with Crippen molar-refractivity contribution in [3.63, 3.8) is 0 Å². The van der Waals surface area contributed by atoms with Gasteiger partial charge in [0.2, 0.25) is 0 Å². The Morgan fingerprint density at radius 3 is 2.65 bits per heavy atom. The number of thiophene rings is 1. The van der Waals surface area contributed by atoms with Gasteiger partial charge in [-0.05, 0) is 48.2 Å². The Hall–Kier alpha value is -2.73. The van der Waals surface area contributed by atoms with Crippen molar-refractivity contribution in [1.82, 2.24) is 9.47 Å². The van der Waals surface area contributed by atoms with Gasteiger partial charge in [-0.1, -0.05) is 6.07 Å². The third-order valence-electron chi connectivity index (χ3n) is 4.02. The Bertz CT molecular complexity index is 871. The van der Waals surface area contributed by atoms with Crippen LogP contribution in [0.25, 0.3) is 5.69 Å². The highest BCUT2D eigenvalue weighted by molar-refractivity contribution is 7.12. The van der Waals surface area contributed by atoms with Crippen molar-refractivity contribution in [2.24, 2.45) is 0 Å². The number of amides is 1. The van der Waals surface area contributed by atoms with Crippen LogP contribution in [-0.4, -0.2) is 36.1 Å². The van der Waals surface area contributed by atoms with Crippen LogP contribution in [0.4, 0.5) is 0 Å². The minimum Gasteiger partial charge on any atom is -0.493 e. The van der Waals surface area contributed by atoms with Crippen LogP contribution in [0.15, 0.2) is 54.2 Å². The maximum Gasteiger partial charge on any atom is 0.266 e. The first kappa shape index (κ1) is 18.1. The van der Waals surface area contributed by atoms with E-state index in [9.17, 15) is 4.79 Å². The SMILES string of the molecule is CCOc1ccc(CN(C)C(=O)c2sccc2-n2cccc2)cc1OC. The summed E-state index contributed by atoms with van der Waals surface area (Å²) in [5.41, 5.74) is 1.89. The van der Waals surface area contributed by atoms with E-state index < -0.39 is 0 Å². The molecular formula is C20H22N2O3S. The topological polar surface area (TPSA) is 43.7 Å². The fraction of sp³-hybridized carbons (Fsp3) is 0.250.